The fourth-order valence-electron chi connectivity index (χ4n) is 3.16. The number of carbonyl (C=O) groups excluding carboxylic acids is 1. The second-order valence-corrected chi connectivity index (χ2v) is 6.74. The molecule has 1 fully saturated rings. The van der Waals surface area contributed by atoms with Gasteiger partial charge in [-0.2, -0.15) is 13.2 Å². The molecule has 1 aliphatic heterocycles. The molecule has 0 saturated carbocycles. The van der Waals surface area contributed by atoms with Crippen molar-refractivity contribution < 1.29 is 31.5 Å². The minimum atomic E-state index is -4.43. The van der Waals surface area contributed by atoms with Crippen molar-refractivity contribution >= 4 is 11.6 Å². The molecule has 0 radical (unpaired) electrons. The number of hydrogen-bond acceptors (Lipinski definition) is 2. The van der Waals surface area contributed by atoms with Crippen LogP contribution in [-0.4, -0.2) is 25.2 Å². The van der Waals surface area contributed by atoms with E-state index in [0.717, 1.165) is 6.92 Å². The van der Waals surface area contributed by atoms with E-state index in [2.05, 4.69) is 4.74 Å². The van der Waals surface area contributed by atoms with Crippen molar-refractivity contribution in [2.24, 2.45) is 0 Å². The minimum absolute atomic E-state index is 0.0437. The van der Waals surface area contributed by atoms with Crippen LogP contribution in [0.4, 0.5) is 27.6 Å². The number of amides is 1. The third kappa shape index (κ3) is 4.61. The molecule has 2 aromatic rings. The first-order valence-electron chi connectivity index (χ1n) is 8.64. The maximum atomic E-state index is 13.6. The van der Waals surface area contributed by atoms with E-state index in [9.17, 15) is 26.7 Å². The fraction of sp³-hybridized carbons (Fsp3) is 0.350. The molecule has 0 aliphatic carbocycles. The van der Waals surface area contributed by atoms with Gasteiger partial charge in [-0.3, -0.25) is 4.79 Å². The molecule has 3 rings (SSSR count). The van der Waals surface area contributed by atoms with Crippen LogP contribution >= 0.6 is 0 Å². The number of benzene rings is 2. The molecule has 1 saturated heterocycles. The molecule has 8 heteroatoms. The lowest BCUT2D eigenvalue weighted by atomic mass is 9.94. The van der Waals surface area contributed by atoms with E-state index in [4.69, 9.17) is 0 Å². The van der Waals surface area contributed by atoms with Gasteiger partial charge in [0.15, 0.2) is 6.61 Å². The molecule has 2 aromatic carbocycles. The Bertz CT molecular complexity index is 843. The summed E-state index contributed by atoms with van der Waals surface area (Å²) in [6.07, 6.45) is -3.97. The second kappa shape index (κ2) is 7.41. The summed E-state index contributed by atoms with van der Waals surface area (Å²) in [5, 5.41) is 0. The molecule has 1 heterocycles. The highest BCUT2D eigenvalue weighted by atomic mass is 19.4. The summed E-state index contributed by atoms with van der Waals surface area (Å²) in [5.74, 6) is -3.73. The van der Waals surface area contributed by atoms with E-state index < -0.39 is 24.6 Å². The van der Waals surface area contributed by atoms with Gasteiger partial charge in [-0.1, -0.05) is 18.2 Å². The van der Waals surface area contributed by atoms with Crippen LogP contribution in [0, 0.1) is 0 Å². The van der Waals surface area contributed by atoms with Crippen molar-refractivity contribution in [3.63, 3.8) is 0 Å². The maximum absolute atomic E-state index is 13.6. The lowest BCUT2D eigenvalue weighted by molar-refractivity contribution is -0.153. The van der Waals surface area contributed by atoms with Crippen molar-refractivity contribution in [3.8, 4) is 5.75 Å². The van der Waals surface area contributed by atoms with Gasteiger partial charge in [0.1, 0.15) is 5.75 Å². The number of halogens is 5. The molecule has 1 unspecified atom stereocenters. The Balaban J connectivity index is 1.72. The maximum Gasteiger partial charge on any atom is 0.422 e. The van der Waals surface area contributed by atoms with Gasteiger partial charge in [0.05, 0.1) is 5.92 Å². The normalized spacial score (nSPS) is 17.9. The molecule has 28 heavy (non-hydrogen) atoms. The third-order valence-electron chi connectivity index (χ3n) is 4.55. The highest BCUT2D eigenvalue weighted by Crippen LogP contribution is 2.35. The van der Waals surface area contributed by atoms with E-state index in [0.29, 0.717) is 24.2 Å². The first-order chi connectivity index (χ1) is 13.0. The van der Waals surface area contributed by atoms with Crippen LogP contribution in [0.3, 0.4) is 0 Å². The Hall–Kier alpha value is -2.64. The van der Waals surface area contributed by atoms with Gasteiger partial charge in [-0.25, -0.2) is 8.78 Å². The summed E-state index contributed by atoms with van der Waals surface area (Å²) in [6.45, 7) is -0.203. The molecular weight excluding hydrogens is 381 g/mol. The van der Waals surface area contributed by atoms with E-state index in [1.54, 1.807) is 6.07 Å². The van der Waals surface area contributed by atoms with Crippen molar-refractivity contribution in [2.45, 2.75) is 31.4 Å². The smallest absolute Gasteiger partial charge is 0.422 e. The lowest BCUT2D eigenvalue weighted by Crippen LogP contribution is -2.26. The molecule has 1 aliphatic rings. The fourth-order valence-corrected chi connectivity index (χ4v) is 3.16. The monoisotopic (exact) mass is 399 g/mol. The first kappa shape index (κ1) is 20.1. The minimum Gasteiger partial charge on any atom is -0.484 e. The van der Waals surface area contributed by atoms with Crippen molar-refractivity contribution in [1.82, 2.24) is 0 Å². The predicted molar refractivity (Wildman–Crippen MR) is 93.7 cm³/mol. The zero-order chi connectivity index (χ0) is 20.5. The number of ether oxygens (including phenoxy) is 1. The lowest BCUT2D eigenvalue weighted by Gasteiger charge is -2.18. The van der Waals surface area contributed by atoms with Gasteiger partial charge in [0, 0.05) is 24.7 Å². The molecule has 150 valence electrons. The summed E-state index contributed by atoms with van der Waals surface area (Å²) >= 11 is 0. The molecule has 0 bridgehead atoms. The molecule has 1 atom stereocenters. The molecule has 0 spiro atoms. The van der Waals surface area contributed by atoms with Gasteiger partial charge in [-0.15, -0.1) is 0 Å². The van der Waals surface area contributed by atoms with Crippen molar-refractivity contribution in [3.05, 3.63) is 59.7 Å². The number of alkyl halides is 5. The highest BCUT2D eigenvalue weighted by molar-refractivity contribution is 6.00. The molecule has 0 N–H and O–H groups in total. The zero-order valence-electron chi connectivity index (χ0n) is 15.0. The Kier molecular flexibility index (Phi) is 5.32. The van der Waals surface area contributed by atoms with Crippen LogP contribution in [0.5, 0.6) is 5.75 Å². The molecule has 1 amide bonds. The van der Waals surface area contributed by atoms with Gasteiger partial charge >= 0.3 is 6.18 Å². The van der Waals surface area contributed by atoms with Crippen LogP contribution in [0.2, 0.25) is 0 Å². The van der Waals surface area contributed by atoms with E-state index in [1.807, 2.05) is 0 Å². The van der Waals surface area contributed by atoms with Crippen LogP contribution in [-0.2, 0) is 10.7 Å². The van der Waals surface area contributed by atoms with Gasteiger partial charge in [0.25, 0.3) is 5.92 Å². The van der Waals surface area contributed by atoms with Crippen LogP contribution in [0.15, 0.2) is 48.5 Å². The average Bonchev–Trinajstić information content (AvgIpc) is 3.01. The summed E-state index contributed by atoms with van der Waals surface area (Å²) in [6, 6.07) is 11.5. The first-order valence-corrected chi connectivity index (χ1v) is 8.64. The Labute approximate surface area is 158 Å². The third-order valence-corrected chi connectivity index (χ3v) is 4.55. The highest BCUT2D eigenvalue weighted by Gasteiger charge is 2.35. The summed E-state index contributed by atoms with van der Waals surface area (Å²) in [7, 11) is 0. The van der Waals surface area contributed by atoms with Gasteiger partial charge < -0.3 is 9.64 Å². The van der Waals surface area contributed by atoms with Crippen LogP contribution in [0.1, 0.15) is 30.4 Å². The number of carbonyl (C=O) groups is 1. The largest absolute Gasteiger partial charge is 0.484 e. The van der Waals surface area contributed by atoms with E-state index >= 15 is 0 Å². The summed E-state index contributed by atoms with van der Waals surface area (Å²) in [5.41, 5.74) is 0.892. The Morgan fingerprint density at radius 3 is 2.36 bits per heavy atom. The average molecular weight is 399 g/mol. The SMILES string of the molecule is CC(F)(F)c1cccc(C2CCN(c3ccc(OCC(F)(F)F)cc3)C2=O)c1. The van der Waals surface area contributed by atoms with Gasteiger partial charge in [-0.05, 0) is 42.3 Å². The van der Waals surface area contributed by atoms with Crippen molar-refractivity contribution in [1.29, 1.82) is 0 Å². The summed E-state index contributed by atoms with van der Waals surface area (Å²) in [4.78, 5) is 14.3. The molecular formula is C20H18F5NO2. The van der Waals surface area contributed by atoms with Crippen LogP contribution < -0.4 is 9.64 Å². The Morgan fingerprint density at radius 2 is 1.75 bits per heavy atom. The number of hydrogen-bond donors (Lipinski definition) is 0. The van der Waals surface area contributed by atoms with E-state index in [1.165, 1.54) is 47.4 Å². The Morgan fingerprint density at radius 1 is 1.07 bits per heavy atom. The number of rotatable bonds is 5. The second-order valence-electron chi connectivity index (χ2n) is 6.74. The zero-order valence-corrected chi connectivity index (χ0v) is 15.0. The quantitative estimate of drug-likeness (QED) is 0.642. The topological polar surface area (TPSA) is 29.5 Å². The number of nitrogens with zero attached hydrogens (tertiary/aromatic N) is 1. The van der Waals surface area contributed by atoms with Crippen molar-refractivity contribution in [2.75, 3.05) is 18.1 Å². The molecule has 0 aromatic heterocycles. The molecule has 3 nitrogen and oxygen atoms in total. The predicted octanol–water partition coefficient (Wildman–Crippen LogP) is 5.26. The number of anilines is 1. The van der Waals surface area contributed by atoms with E-state index in [-0.39, 0.29) is 17.2 Å². The summed E-state index contributed by atoms with van der Waals surface area (Å²) < 4.78 is 68.4. The van der Waals surface area contributed by atoms with Gasteiger partial charge in [0.2, 0.25) is 5.91 Å². The van der Waals surface area contributed by atoms with Crippen LogP contribution in [0.25, 0.3) is 0 Å². The standard InChI is InChI=1S/C20H18F5NO2/c1-19(21,22)14-4-2-3-13(11-14)17-9-10-26(18(17)27)15-5-7-16(8-6-15)28-12-20(23,24)25/h2-8,11,17H,9-10,12H2,1H3.